The second kappa shape index (κ2) is 10.8. The molecule has 4 fully saturated rings. The third kappa shape index (κ3) is 5.98. The molecule has 0 saturated heterocycles. The monoisotopic (exact) mass is 628 g/mol. The summed E-state index contributed by atoms with van der Waals surface area (Å²) in [4.78, 5) is 30.8. The van der Waals surface area contributed by atoms with Gasteiger partial charge in [-0.15, -0.1) is 0 Å². The SMILES string of the molecule is N#CC1(C(NC(=O)C(F)(F)CC2CC2)c2cnn3cc([C@@H](NC(=O)c4nonc4C4CC4)C4CCC(F)(F)CC4)nc3c2)CC1. The van der Waals surface area contributed by atoms with E-state index in [2.05, 4.69) is 37.1 Å². The molecule has 4 saturated carbocycles. The van der Waals surface area contributed by atoms with Crippen molar-refractivity contribution in [3.63, 3.8) is 0 Å². The third-order valence-electron chi connectivity index (χ3n) is 9.64. The Balaban J connectivity index is 1.18. The van der Waals surface area contributed by atoms with E-state index < -0.39 is 47.6 Å². The minimum Gasteiger partial charge on any atom is -0.342 e. The minimum atomic E-state index is -3.57. The number of rotatable bonds is 11. The van der Waals surface area contributed by atoms with Crippen molar-refractivity contribution in [2.45, 2.75) is 100 Å². The Morgan fingerprint density at radius 1 is 1.09 bits per heavy atom. The molecule has 15 heteroatoms. The van der Waals surface area contributed by atoms with Crippen molar-refractivity contribution >= 4 is 17.5 Å². The lowest BCUT2D eigenvalue weighted by atomic mass is 9.81. The van der Waals surface area contributed by atoms with Gasteiger partial charge in [-0.3, -0.25) is 9.59 Å². The highest BCUT2D eigenvalue weighted by Crippen LogP contribution is 2.55. The summed E-state index contributed by atoms with van der Waals surface area (Å²) < 4.78 is 63.9. The van der Waals surface area contributed by atoms with Gasteiger partial charge < -0.3 is 10.6 Å². The highest BCUT2D eigenvalue weighted by molar-refractivity contribution is 5.93. The predicted octanol–water partition coefficient (Wildman–Crippen LogP) is 5.18. The predicted molar refractivity (Wildman–Crippen MR) is 147 cm³/mol. The number of nitrogens with zero attached hydrogens (tertiary/aromatic N) is 6. The van der Waals surface area contributed by atoms with Crippen LogP contribution in [0, 0.1) is 28.6 Å². The van der Waals surface area contributed by atoms with Crippen LogP contribution in [0.5, 0.6) is 0 Å². The zero-order valence-corrected chi connectivity index (χ0v) is 24.3. The fraction of sp³-hybridized carbons (Fsp3) is 0.633. The lowest BCUT2D eigenvalue weighted by Crippen LogP contribution is -2.44. The number of nitrogens with one attached hydrogen (secondary N) is 2. The number of imidazole rings is 1. The van der Waals surface area contributed by atoms with E-state index in [9.17, 15) is 32.4 Å². The lowest BCUT2D eigenvalue weighted by Gasteiger charge is -2.33. The molecule has 3 aromatic rings. The van der Waals surface area contributed by atoms with Crippen LogP contribution >= 0.6 is 0 Å². The van der Waals surface area contributed by atoms with E-state index in [0.29, 0.717) is 42.6 Å². The first kappa shape index (κ1) is 29.6. The highest BCUT2D eigenvalue weighted by atomic mass is 19.3. The number of amides is 2. The second-order valence-corrected chi connectivity index (χ2v) is 13.2. The summed E-state index contributed by atoms with van der Waals surface area (Å²) in [5.74, 6) is -8.78. The van der Waals surface area contributed by atoms with Crippen LogP contribution in [0.1, 0.15) is 116 Å². The van der Waals surface area contributed by atoms with Crippen LogP contribution in [-0.2, 0) is 4.79 Å². The van der Waals surface area contributed by atoms with Gasteiger partial charge in [-0.25, -0.2) is 22.9 Å². The molecular formula is C30H32F4N8O3. The Labute approximate surface area is 255 Å². The minimum absolute atomic E-state index is 0.0520. The van der Waals surface area contributed by atoms with Crippen molar-refractivity contribution in [2.75, 3.05) is 0 Å². The van der Waals surface area contributed by atoms with Gasteiger partial charge >= 0.3 is 5.92 Å². The molecule has 4 aliphatic rings. The Morgan fingerprint density at radius 3 is 2.47 bits per heavy atom. The summed E-state index contributed by atoms with van der Waals surface area (Å²) in [6.07, 6.45) is 5.98. The summed E-state index contributed by atoms with van der Waals surface area (Å²) in [6.45, 7) is 0. The van der Waals surface area contributed by atoms with Crippen LogP contribution in [0.4, 0.5) is 17.6 Å². The number of halogens is 4. The van der Waals surface area contributed by atoms with Crippen molar-refractivity contribution < 1.29 is 31.8 Å². The molecule has 1 unspecified atom stereocenters. The lowest BCUT2D eigenvalue weighted by molar-refractivity contribution is -0.148. The number of aromatic nitrogens is 5. The number of carbonyl (C=O) groups is 2. The summed E-state index contributed by atoms with van der Waals surface area (Å²) in [6, 6.07) is 1.96. The van der Waals surface area contributed by atoms with Gasteiger partial charge in [0.25, 0.3) is 11.8 Å². The van der Waals surface area contributed by atoms with Gasteiger partial charge in [0.2, 0.25) is 5.92 Å². The molecule has 2 amide bonds. The van der Waals surface area contributed by atoms with Crippen molar-refractivity contribution in [3.8, 4) is 6.07 Å². The topological polar surface area (TPSA) is 151 Å². The molecule has 4 aliphatic carbocycles. The first-order valence-electron chi connectivity index (χ1n) is 15.4. The largest absolute Gasteiger partial charge is 0.342 e. The van der Waals surface area contributed by atoms with Crippen LogP contribution in [0.15, 0.2) is 23.1 Å². The first-order chi connectivity index (χ1) is 21.5. The molecule has 11 nitrogen and oxygen atoms in total. The molecule has 2 atom stereocenters. The van der Waals surface area contributed by atoms with E-state index in [-0.39, 0.29) is 54.8 Å². The van der Waals surface area contributed by atoms with Gasteiger partial charge in [-0.2, -0.15) is 19.1 Å². The normalized spacial score (nSPS) is 22.4. The summed E-state index contributed by atoms with van der Waals surface area (Å²) in [7, 11) is 0. The molecule has 7 rings (SSSR count). The first-order valence-corrected chi connectivity index (χ1v) is 15.4. The van der Waals surface area contributed by atoms with Gasteiger partial charge in [-0.05, 0) is 80.0 Å². The van der Waals surface area contributed by atoms with Crippen molar-refractivity contribution in [3.05, 3.63) is 41.1 Å². The third-order valence-corrected chi connectivity index (χ3v) is 9.64. The summed E-state index contributed by atoms with van der Waals surface area (Å²) >= 11 is 0. The van der Waals surface area contributed by atoms with Crippen molar-refractivity contribution in [2.24, 2.45) is 17.3 Å². The molecule has 0 aromatic carbocycles. The Morgan fingerprint density at radius 2 is 1.82 bits per heavy atom. The standard InChI is InChI=1S/C30H32F4N8O3/c31-29(32)7-5-18(6-8-29)22(38-26(43)24-23(17-3-4-17)40-45-41-24)20-14-42-21(37-20)11-19(13-36-42)25(28(15-35)9-10-28)39-27(44)30(33,34)12-16-1-2-16/h11,13-14,16-18,22,25H,1-10,12H2,(H,38,43)(H,39,44)/t22-,25?/m0/s1. The van der Waals surface area contributed by atoms with Crippen molar-refractivity contribution in [1.29, 1.82) is 5.26 Å². The van der Waals surface area contributed by atoms with Crippen molar-refractivity contribution in [1.82, 2.24) is 35.5 Å². The van der Waals surface area contributed by atoms with E-state index in [0.717, 1.165) is 12.8 Å². The molecule has 3 heterocycles. The van der Waals surface area contributed by atoms with Gasteiger partial charge in [0, 0.05) is 25.2 Å². The zero-order chi connectivity index (χ0) is 31.6. The number of carbonyl (C=O) groups excluding carboxylic acids is 2. The van der Waals surface area contributed by atoms with Crippen LogP contribution in [0.25, 0.3) is 5.65 Å². The van der Waals surface area contributed by atoms with Gasteiger partial charge in [-0.1, -0.05) is 5.16 Å². The van der Waals surface area contributed by atoms with Crippen LogP contribution < -0.4 is 10.6 Å². The fourth-order valence-electron chi connectivity index (χ4n) is 6.39. The average molecular weight is 629 g/mol. The number of hydrogen-bond donors (Lipinski definition) is 2. The van der Waals surface area contributed by atoms with Crippen LogP contribution in [0.2, 0.25) is 0 Å². The molecule has 0 radical (unpaired) electrons. The average Bonchev–Trinajstić information content (AvgIpc) is 3.96. The van der Waals surface area contributed by atoms with Gasteiger partial charge in [0.05, 0.1) is 41.7 Å². The molecule has 0 spiro atoms. The van der Waals surface area contributed by atoms with Crippen LogP contribution in [-0.4, -0.2) is 48.6 Å². The van der Waals surface area contributed by atoms with E-state index in [1.54, 1.807) is 12.3 Å². The molecule has 45 heavy (non-hydrogen) atoms. The Bertz CT molecular complexity index is 1660. The Kier molecular flexibility index (Phi) is 7.09. The fourth-order valence-corrected chi connectivity index (χ4v) is 6.39. The summed E-state index contributed by atoms with van der Waals surface area (Å²) in [5, 5.41) is 27.3. The quantitative estimate of drug-likeness (QED) is 0.276. The maximum absolute atomic E-state index is 14.7. The number of alkyl halides is 4. The maximum Gasteiger partial charge on any atom is 0.324 e. The number of nitriles is 1. The smallest absolute Gasteiger partial charge is 0.324 e. The molecule has 0 aliphatic heterocycles. The van der Waals surface area contributed by atoms with E-state index in [4.69, 9.17) is 4.63 Å². The van der Waals surface area contributed by atoms with Gasteiger partial charge in [0.1, 0.15) is 5.69 Å². The van der Waals surface area contributed by atoms with E-state index >= 15 is 0 Å². The number of hydrogen-bond acceptors (Lipinski definition) is 8. The molecule has 0 bridgehead atoms. The second-order valence-electron chi connectivity index (χ2n) is 13.2. The van der Waals surface area contributed by atoms with Crippen LogP contribution in [0.3, 0.4) is 0 Å². The summed E-state index contributed by atoms with van der Waals surface area (Å²) in [5.41, 5.74) is 0.458. The molecule has 2 N–H and O–H groups in total. The van der Waals surface area contributed by atoms with E-state index in [1.807, 2.05) is 0 Å². The molecule has 238 valence electrons. The zero-order valence-electron chi connectivity index (χ0n) is 24.3. The maximum atomic E-state index is 14.7. The highest BCUT2D eigenvalue weighted by Gasteiger charge is 2.54. The molecular weight excluding hydrogens is 596 g/mol. The van der Waals surface area contributed by atoms with E-state index in [1.165, 1.54) is 10.7 Å². The Hall–Kier alpha value is -4.09. The van der Waals surface area contributed by atoms with Gasteiger partial charge in [0.15, 0.2) is 11.3 Å². The molecule has 3 aromatic heterocycles. The number of fused-ring (bicyclic) bond motifs is 1.